The van der Waals surface area contributed by atoms with Gasteiger partial charge in [0.05, 0.1) is 23.6 Å². The Morgan fingerprint density at radius 3 is 3.00 bits per heavy atom. The lowest BCUT2D eigenvalue weighted by Gasteiger charge is -2.35. The molecule has 1 aliphatic rings. The van der Waals surface area contributed by atoms with Gasteiger partial charge in [-0.2, -0.15) is 0 Å². The Balaban J connectivity index is 1.68. The summed E-state index contributed by atoms with van der Waals surface area (Å²) in [6.45, 7) is 6.38. The van der Waals surface area contributed by atoms with Crippen molar-refractivity contribution < 1.29 is 4.39 Å². The van der Waals surface area contributed by atoms with Crippen LogP contribution < -0.4 is 5.32 Å². The van der Waals surface area contributed by atoms with Crippen LogP contribution in [0.5, 0.6) is 0 Å². The molecule has 132 valence electrons. The Morgan fingerprint density at radius 2 is 2.24 bits per heavy atom. The molecule has 1 fully saturated rings. The fraction of sp³-hybridized carbons (Fsp3) is 0.444. The number of nitrogens with one attached hydrogen (secondary N) is 1. The summed E-state index contributed by atoms with van der Waals surface area (Å²) in [4.78, 5) is 11.6. The molecule has 1 atom stereocenters. The molecule has 7 heteroatoms. The fourth-order valence-corrected chi connectivity index (χ4v) is 3.70. The second-order valence-electron chi connectivity index (χ2n) is 6.49. The predicted octanol–water partition coefficient (Wildman–Crippen LogP) is 2.08. The Labute approximate surface area is 146 Å². The predicted molar refractivity (Wildman–Crippen MR) is 94.6 cm³/mol. The topological polar surface area (TPSA) is 50.9 Å². The molecule has 0 aliphatic carbocycles. The zero-order valence-corrected chi connectivity index (χ0v) is 14.6. The molecule has 25 heavy (non-hydrogen) atoms. The van der Waals surface area contributed by atoms with E-state index in [1.165, 1.54) is 12.1 Å². The van der Waals surface area contributed by atoms with Gasteiger partial charge in [-0.05, 0) is 19.1 Å². The van der Waals surface area contributed by atoms with Crippen LogP contribution in [0.3, 0.4) is 0 Å². The van der Waals surface area contributed by atoms with Crippen molar-refractivity contribution in [3.05, 3.63) is 48.1 Å². The average molecular weight is 342 g/mol. The molecular weight excluding hydrogens is 319 g/mol. The van der Waals surface area contributed by atoms with E-state index in [4.69, 9.17) is 4.98 Å². The molecule has 0 saturated carbocycles. The Kier molecular flexibility index (Phi) is 4.27. The van der Waals surface area contributed by atoms with Gasteiger partial charge in [0, 0.05) is 51.7 Å². The van der Waals surface area contributed by atoms with Crippen molar-refractivity contribution in [1.82, 2.24) is 29.3 Å². The summed E-state index contributed by atoms with van der Waals surface area (Å²) in [6.07, 6.45) is 3.82. The molecule has 1 N–H and O–H groups in total. The summed E-state index contributed by atoms with van der Waals surface area (Å²) in [5.74, 6) is 1.79. The van der Waals surface area contributed by atoms with Gasteiger partial charge in [0.15, 0.2) is 0 Å². The molecule has 6 nitrogen and oxygen atoms in total. The van der Waals surface area contributed by atoms with Crippen molar-refractivity contribution in [2.75, 3.05) is 19.6 Å². The first kappa shape index (κ1) is 16.2. The Bertz CT molecular complexity index is 883. The number of rotatable bonds is 4. The molecule has 1 saturated heterocycles. The van der Waals surface area contributed by atoms with E-state index in [-0.39, 0.29) is 11.9 Å². The minimum absolute atomic E-state index is 0.204. The van der Waals surface area contributed by atoms with Gasteiger partial charge in [-0.25, -0.2) is 14.4 Å². The van der Waals surface area contributed by atoms with Gasteiger partial charge in [0.25, 0.3) is 0 Å². The minimum atomic E-state index is -0.243. The third-order valence-corrected chi connectivity index (χ3v) is 4.96. The lowest BCUT2D eigenvalue weighted by atomic mass is 10.1. The van der Waals surface area contributed by atoms with Gasteiger partial charge < -0.3 is 14.5 Å². The van der Waals surface area contributed by atoms with Crippen LogP contribution in [-0.4, -0.2) is 43.6 Å². The van der Waals surface area contributed by atoms with E-state index < -0.39 is 0 Å². The zero-order chi connectivity index (χ0) is 17.4. The molecule has 1 aliphatic heterocycles. The molecule has 3 heterocycles. The number of hydrogen-bond donors (Lipinski definition) is 1. The first-order valence-corrected chi connectivity index (χ1v) is 8.74. The quantitative estimate of drug-likeness (QED) is 0.789. The summed E-state index contributed by atoms with van der Waals surface area (Å²) in [5, 5.41) is 3.46. The first-order valence-electron chi connectivity index (χ1n) is 8.74. The number of halogens is 1. The molecule has 0 amide bonds. The molecule has 1 aromatic carbocycles. The number of nitrogens with zero attached hydrogens (tertiary/aromatic N) is 5. The summed E-state index contributed by atoms with van der Waals surface area (Å²) >= 11 is 0. The lowest BCUT2D eigenvalue weighted by molar-refractivity contribution is 0.139. The molecule has 4 rings (SSSR count). The van der Waals surface area contributed by atoms with Gasteiger partial charge in [-0.3, -0.25) is 4.90 Å². The highest BCUT2D eigenvalue weighted by Gasteiger charge is 2.28. The summed E-state index contributed by atoms with van der Waals surface area (Å²) in [7, 11) is 2.03. The van der Waals surface area contributed by atoms with Crippen molar-refractivity contribution in [2.24, 2.45) is 7.05 Å². The Morgan fingerprint density at radius 1 is 1.36 bits per heavy atom. The highest BCUT2D eigenvalue weighted by atomic mass is 19.1. The van der Waals surface area contributed by atoms with Crippen molar-refractivity contribution >= 4 is 11.0 Å². The van der Waals surface area contributed by atoms with E-state index in [0.29, 0.717) is 0 Å². The van der Waals surface area contributed by atoms with Crippen LogP contribution in [0.1, 0.15) is 24.6 Å². The highest BCUT2D eigenvalue weighted by Crippen LogP contribution is 2.24. The number of aromatic nitrogens is 4. The molecule has 0 bridgehead atoms. The minimum Gasteiger partial charge on any atom is -0.337 e. The third kappa shape index (κ3) is 2.94. The van der Waals surface area contributed by atoms with Crippen LogP contribution in [-0.2, 0) is 20.1 Å². The van der Waals surface area contributed by atoms with E-state index in [0.717, 1.165) is 55.4 Å². The normalized spacial score (nSPS) is 18.9. The molecule has 1 unspecified atom stereocenters. The van der Waals surface area contributed by atoms with E-state index in [2.05, 4.69) is 31.3 Å². The summed E-state index contributed by atoms with van der Waals surface area (Å²) in [6, 6.07) is 5.04. The maximum atomic E-state index is 13.6. The maximum absolute atomic E-state index is 13.6. The number of hydrogen-bond acceptors (Lipinski definition) is 4. The van der Waals surface area contributed by atoms with Crippen LogP contribution >= 0.6 is 0 Å². The van der Waals surface area contributed by atoms with Crippen LogP contribution in [0.15, 0.2) is 30.6 Å². The molecule has 2 aromatic heterocycles. The van der Waals surface area contributed by atoms with Gasteiger partial charge in [0.2, 0.25) is 0 Å². The van der Waals surface area contributed by atoms with Crippen LogP contribution in [0, 0.1) is 5.82 Å². The second-order valence-corrected chi connectivity index (χ2v) is 6.49. The highest BCUT2D eigenvalue weighted by molar-refractivity contribution is 5.76. The standard InChI is InChI=1S/C18H23FN6/c1-3-25-15-5-4-13(19)10-14(15)22-17(25)12-24-9-6-20-11-16(24)18-21-7-8-23(18)2/h4-5,7-8,10,16,20H,3,6,9,11-12H2,1-2H3. The molecule has 3 aromatic rings. The number of piperazine rings is 1. The first-order chi connectivity index (χ1) is 12.2. The van der Waals surface area contributed by atoms with Crippen LogP contribution in [0.2, 0.25) is 0 Å². The van der Waals surface area contributed by atoms with Gasteiger partial charge >= 0.3 is 0 Å². The summed E-state index contributed by atoms with van der Waals surface area (Å²) < 4.78 is 17.8. The molecule has 0 radical (unpaired) electrons. The van der Waals surface area contributed by atoms with E-state index in [1.54, 1.807) is 0 Å². The van der Waals surface area contributed by atoms with E-state index in [1.807, 2.05) is 25.5 Å². The van der Waals surface area contributed by atoms with E-state index in [9.17, 15) is 4.39 Å². The van der Waals surface area contributed by atoms with Gasteiger partial charge in [0.1, 0.15) is 17.5 Å². The largest absolute Gasteiger partial charge is 0.337 e. The number of fused-ring (bicyclic) bond motifs is 1. The monoisotopic (exact) mass is 342 g/mol. The van der Waals surface area contributed by atoms with Crippen molar-refractivity contribution in [3.63, 3.8) is 0 Å². The lowest BCUT2D eigenvalue weighted by Crippen LogP contribution is -2.46. The Hall–Kier alpha value is -2.25. The van der Waals surface area contributed by atoms with Crippen molar-refractivity contribution in [2.45, 2.75) is 26.1 Å². The van der Waals surface area contributed by atoms with Crippen LogP contribution in [0.25, 0.3) is 11.0 Å². The fourth-order valence-electron chi connectivity index (χ4n) is 3.70. The second kappa shape index (κ2) is 6.57. The van der Waals surface area contributed by atoms with Crippen LogP contribution in [0.4, 0.5) is 4.39 Å². The van der Waals surface area contributed by atoms with Crippen molar-refractivity contribution in [1.29, 1.82) is 0 Å². The summed E-state index contributed by atoms with van der Waals surface area (Å²) in [5.41, 5.74) is 1.71. The van der Waals surface area contributed by atoms with E-state index >= 15 is 0 Å². The SMILES string of the molecule is CCn1c(CN2CCNCC2c2nccn2C)nc2cc(F)ccc21. The maximum Gasteiger partial charge on any atom is 0.127 e. The average Bonchev–Trinajstić information content (AvgIpc) is 3.17. The van der Waals surface area contributed by atoms with Crippen molar-refractivity contribution in [3.8, 4) is 0 Å². The number of aryl methyl sites for hydroxylation is 2. The van der Waals surface area contributed by atoms with Gasteiger partial charge in [-0.1, -0.05) is 0 Å². The molecular formula is C18H23FN6. The van der Waals surface area contributed by atoms with Gasteiger partial charge in [-0.15, -0.1) is 0 Å². The third-order valence-electron chi connectivity index (χ3n) is 4.96. The number of imidazole rings is 2. The zero-order valence-electron chi connectivity index (χ0n) is 14.6. The number of benzene rings is 1. The smallest absolute Gasteiger partial charge is 0.127 e. The molecule has 0 spiro atoms.